The third-order valence-electron chi connectivity index (χ3n) is 2.78. The Kier molecular flexibility index (Phi) is 9.01. The summed E-state index contributed by atoms with van der Waals surface area (Å²) in [7, 11) is 0. The largest absolute Gasteiger partial charge is 0.481 e. The molecule has 9 N–H and O–H groups in total. The van der Waals surface area contributed by atoms with E-state index in [4.69, 9.17) is 26.4 Å². The van der Waals surface area contributed by atoms with Crippen LogP contribution in [0.1, 0.15) is 12.8 Å². The highest BCUT2D eigenvalue weighted by molar-refractivity contribution is 5.76. The van der Waals surface area contributed by atoms with Crippen LogP contribution in [0.15, 0.2) is 0 Å². The molecular formula is C11H22N2O8. The minimum absolute atomic E-state index is 0.163. The zero-order chi connectivity index (χ0) is 16.6. The molecule has 10 nitrogen and oxygen atoms in total. The molecule has 5 atom stereocenters. The number of aliphatic carboxylic acids is 1. The second kappa shape index (κ2) is 9.60. The first-order valence-electron chi connectivity index (χ1n) is 6.27. The van der Waals surface area contributed by atoms with E-state index in [1.165, 1.54) is 0 Å². The van der Waals surface area contributed by atoms with Crippen molar-refractivity contribution >= 4 is 11.9 Å². The average Bonchev–Trinajstić information content (AvgIpc) is 2.47. The number of carbonyl (C=O) groups excluding carboxylic acids is 1. The third-order valence-corrected chi connectivity index (χ3v) is 2.78. The van der Waals surface area contributed by atoms with E-state index in [9.17, 15) is 24.9 Å². The van der Waals surface area contributed by atoms with E-state index in [2.05, 4.69) is 0 Å². The van der Waals surface area contributed by atoms with Gasteiger partial charge in [-0.2, -0.15) is 0 Å². The molecule has 0 saturated carbocycles. The fourth-order valence-corrected chi connectivity index (χ4v) is 1.45. The van der Waals surface area contributed by atoms with Crippen LogP contribution in [-0.4, -0.2) is 81.1 Å². The maximum Gasteiger partial charge on any atom is 0.323 e. The van der Waals surface area contributed by atoms with Gasteiger partial charge in [0.05, 0.1) is 6.61 Å². The van der Waals surface area contributed by atoms with Gasteiger partial charge in [0.15, 0.2) is 0 Å². The molecule has 0 heterocycles. The van der Waals surface area contributed by atoms with E-state index in [-0.39, 0.29) is 19.4 Å². The third kappa shape index (κ3) is 6.80. The molecular weight excluding hydrogens is 288 g/mol. The fourth-order valence-electron chi connectivity index (χ4n) is 1.45. The Morgan fingerprint density at radius 1 is 1.14 bits per heavy atom. The standard InChI is InChI=1S/C11H22N2O8/c12-3-7(10(19)9(18)6(15)4-14)21-11(20)5(13)1-2-8(16)17/h5-7,9-10,14-15,18-19H,1-4,12-13H2,(H,16,17)/t5-,6+,7-,9+,10+/m0/s1. The monoisotopic (exact) mass is 310 g/mol. The summed E-state index contributed by atoms with van der Waals surface area (Å²) in [5.74, 6) is -2.12. The predicted octanol–water partition coefficient (Wildman–Crippen LogP) is -3.88. The molecule has 0 aromatic carbocycles. The van der Waals surface area contributed by atoms with Gasteiger partial charge in [0.2, 0.25) is 0 Å². The number of rotatable bonds is 10. The van der Waals surface area contributed by atoms with Crippen molar-refractivity contribution in [2.75, 3.05) is 13.2 Å². The summed E-state index contributed by atoms with van der Waals surface area (Å²) in [4.78, 5) is 21.9. The Morgan fingerprint density at radius 2 is 1.71 bits per heavy atom. The first-order valence-corrected chi connectivity index (χ1v) is 6.27. The van der Waals surface area contributed by atoms with Gasteiger partial charge in [0, 0.05) is 13.0 Å². The van der Waals surface area contributed by atoms with Crippen LogP contribution in [0.2, 0.25) is 0 Å². The summed E-state index contributed by atoms with van der Waals surface area (Å²) in [6, 6.07) is -1.22. The van der Waals surface area contributed by atoms with Gasteiger partial charge in [-0.15, -0.1) is 0 Å². The van der Waals surface area contributed by atoms with Gasteiger partial charge < -0.3 is 41.7 Å². The van der Waals surface area contributed by atoms with E-state index < -0.39 is 49.0 Å². The molecule has 0 bridgehead atoms. The van der Waals surface area contributed by atoms with Crippen LogP contribution >= 0.6 is 0 Å². The molecule has 0 aliphatic carbocycles. The number of carboxylic acid groups (broad SMARTS) is 1. The van der Waals surface area contributed by atoms with Crippen LogP contribution in [0.25, 0.3) is 0 Å². The molecule has 21 heavy (non-hydrogen) atoms. The van der Waals surface area contributed by atoms with Crippen LogP contribution in [-0.2, 0) is 14.3 Å². The summed E-state index contributed by atoms with van der Waals surface area (Å²) >= 11 is 0. The van der Waals surface area contributed by atoms with Crippen LogP contribution < -0.4 is 11.5 Å². The highest BCUT2D eigenvalue weighted by atomic mass is 16.6. The lowest BCUT2D eigenvalue weighted by Gasteiger charge is -2.28. The molecule has 0 radical (unpaired) electrons. The second-order valence-electron chi connectivity index (χ2n) is 4.48. The molecule has 10 heteroatoms. The van der Waals surface area contributed by atoms with Crippen LogP contribution in [0.5, 0.6) is 0 Å². The number of carboxylic acids is 1. The summed E-state index contributed by atoms with van der Waals surface area (Å²) in [5.41, 5.74) is 10.7. The minimum atomic E-state index is -1.77. The van der Waals surface area contributed by atoms with Crippen molar-refractivity contribution in [1.29, 1.82) is 0 Å². The molecule has 0 spiro atoms. The van der Waals surface area contributed by atoms with E-state index in [0.29, 0.717) is 0 Å². The summed E-state index contributed by atoms with van der Waals surface area (Å²) < 4.78 is 4.79. The molecule has 0 rings (SSSR count). The van der Waals surface area contributed by atoms with E-state index in [1.54, 1.807) is 0 Å². The van der Waals surface area contributed by atoms with Crippen molar-refractivity contribution in [3.8, 4) is 0 Å². The van der Waals surface area contributed by atoms with Crippen molar-refractivity contribution in [3.63, 3.8) is 0 Å². The highest BCUT2D eigenvalue weighted by Crippen LogP contribution is 2.09. The lowest BCUT2D eigenvalue weighted by molar-refractivity contribution is -0.166. The van der Waals surface area contributed by atoms with E-state index in [0.717, 1.165) is 0 Å². The average molecular weight is 310 g/mol. The SMILES string of the molecule is NC[C@H](OC(=O)[C@@H](N)CCC(=O)O)[C@@H](O)[C@H](O)[C@H](O)CO. The van der Waals surface area contributed by atoms with E-state index >= 15 is 0 Å². The van der Waals surface area contributed by atoms with Gasteiger partial charge in [-0.25, -0.2) is 0 Å². The highest BCUT2D eigenvalue weighted by Gasteiger charge is 2.33. The first-order chi connectivity index (χ1) is 9.74. The van der Waals surface area contributed by atoms with Crippen molar-refractivity contribution in [2.24, 2.45) is 11.5 Å². The van der Waals surface area contributed by atoms with Gasteiger partial charge >= 0.3 is 11.9 Å². The Balaban J connectivity index is 4.54. The molecule has 0 fully saturated rings. The van der Waals surface area contributed by atoms with Crippen molar-refractivity contribution in [2.45, 2.75) is 43.3 Å². The first kappa shape index (κ1) is 19.7. The topological polar surface area (TPSA) is 197 Å². The maximum absolute atomic E-state index is 11.6. The van der Waals surface area contributed by atoms with Crippen molar-refractivity contribution < 1.29 is 39.9 Å². The van der Waals surface area contributed by atoms with Gasteiger partial charge in [-0.1, -0.05) is 0 Å². The summed E-state index contributed by atoms with van der Waals surface area (Å²) in [6.45, 7) is -1.17. The smallest absolute Gasteiger partial charge is 0.323 e. The Bertz CT molecular complexity index is 340. The lowest BCUT2D eigenvalue weighted by atomic mass is 10.0. The van der Waals surface area contributed by atoms with Crippen molar-refractivity contribution in [1.82, 2.24) is 0 Å². The second-order valence-corrected chi connectivity index (χ2v) is 4.48. The molecule has 0 aromatic rings. The number of hydrogen-bond acceptors (Lipinski definition) is 9. The van der Waals surface area contributed by atoms with Crippen molar-refractivity contribution in [3.05, 3.63) is 0 Å². The Morgan fingerprint density at radius 3 is 2.14 bits per heavy atom. The lowest BCUT2D eigenvalue weighted by Crippen LogP contribution is -2.51. The molecule has 0 aromatic heterocycles. The molecule has 0 saturated heterocycles. The molecule has 0 amide bonds. The molecule has 124 valence electrons. The maximum atomic E-state index is 11.6. The number of aliphatic hydroxyl groups is 4. The van der Waals surface area contributed by atoms with Gasteiger partial charge in [0.1, 0.15) is 30.5 Å². The predicted molar refractivity (Wildman–Crippen MR) is 68.9 cm³/mol. The molecule has 0 aliphatic rings. The fraction of sp³-hybridized carbons (Fsp3) is 0.818. The van der Waals surface area contributed by atoms with Crippen LogP contribution in [0, 0.1) is 0 Å². The zero-order valence-corrected chi connectivity index (χ0v) is 11.3. The number of carbonyl (C=O) groups is 2. The van der Waals surface area contributed by atoms with E-state index in [1.807, 2.05) is 0 Å². The minimum Gasteiger partial charge on any atom is -0.481 e. The number of hydrogen-bond donors (Lipinski definition) is 7. The Labute approximate surface area is 120 Å². The quantitative estimate of drug-likeness (QED) is 0.196. The van der Waals surface area contributed by atoms with Gasteiger partial charge in [-0.05, 0) is 6.42 Å². The molecule has 0 aliphatic heterocycles. The van der Waals surface area contributed by atoms with Gasteiger partial charge in [0.25, 0.3) is 0 Å². The van der Waals surface area contributed by atoms with Crippen LogP contribution in [0.4, 0.5) is 0 Å². The number of esters is 1. The molecule has 0 unspecified atom stereocenters. The summed E-state index contributed by atoms with van der Waals surface area (Å²) in [6.07, 6.45) is -6.99. The zero-order valence-electron chi connectivity index (χ0n) is 11.3. The van der Waals surface area contributed by atoms with Crippen LogP contribution in [0.3, 0.4) is 0 Å². The Hall–Kier alpha value is -1.30. The summed E-state index contributed by atoms with van der Waals surface area (Å²) in [5, 5.41) is 45.5. The number of ether oxygens (including phenoxy) is 1. The number of aliphatic hydroxyl groups excluding tert-OH is 4. The van der Waals surface area contributed by atoms with Gasteiger partial charge in [-0.3, -0.25) is 9.59 Å². The normalized spacial score (nSPS) is 18.4. The number of nitrogens with two attached hydrogens (primary N) is 2.